The van der Waals surface area contributed by atoms with Gasteiger partial charge in [0, 0.05) is 5.02 Å². The Morgan fingerprint density at radius 2 is 1.74 bits per heavy atom. The number of rotatable bonds is 3. The Morgan fingerprint density at radius 3 is 2.16 bits per heavy atom. The molecule has 0 fully saturated rings. The molecule has 0 saturated heterocycles. The van der Waals surface area contributed by atoms with E-state index in [0.29, 0.717) is 6.07 Å². The molecule has 0 aliphatic rings. The van der Waals surface area contributed by atoms with Crippen LogP contribution in [0.3, 0.4) is 0 Å². The van der Waals surface area contributed by atoms with E-state index in [0.717, 1.165) is 12.1 Å². The van der Waals surface area contributed by atoms with E-state index >= 15 is 0 Å². The molecule has 0 spiro atoms. The van der Waals surface area contributed by atoms with Crippen LogP contribution < -0.4 is 5.73 Å². The van der Waals surface area contributed by atoms with E-state index in [1.54, 1.807) is 0 Å². The number of aliphatic hydroxyl groups excluding tert-OH is 1. The van der Waals surface area contributed by atoms with E-state index in [9.17, 15) is 22.0 Å². The van der Waals surface area contributed by atoms with Gasteiger partial charge in [0.25, 0.3) is 5.92 Å². The third-order valence-electron chi connectivity index (χ3n) is 2.32. The normalized spacial score (nSPS) is 13.9. The fraction of sp³-hybridized carbons (Fsp3) is 0.400. The van der Waals surface area contributed by atoms with Crippen molar-refractivity contribution in [1.82, 2.24) is 0 Å². The third-order valence-corrected chi connectivity index (χ3v) is 2.56. The number of aliphatic hydroxyl groups is 1. The van der Waals surface area contributed by atoms with Crippen LogP contribution in [0.5, 0.6) is 0 Å². The first-order chi connectivity index (χ1) is 8.09. The van der Waals surface area contributed by atoms with Gasteiger partial charge in [0.05, 0.1) is 11.6 Å². The van der Waals surface area contributed by atoms with Crippen molar-refractivity contribution in [3.05, 3.63) is 34.3 Å². The van der Waals surface area contributed by atoms with Crippen molar-refractivity contribution in [2.45, 2.75) is 18.1 Å². The molecule has 0 heterocycles. The molecule has 110 valence electrons. The topological polar surface area (TPSA) is 46.2 Å². The van der Waals surface area contributed by atoms with E-state index in [-0.39, 0.29) is 17.4 Å². The van der Waals surface area contributed by atoms with Gasteiger partial charge in [-0.15, -0.1) is 12.4 Å². The highest BCUT2D eigenvalue weighted by atomic mass is 35.5. The van der Waals surface area contributed by atoms with E-state index in [1.165, 1.54) is 0 Å². The maximum atomic E-state index is 13.1. The van der Waals surface area contributed by atoms with Gasteiger partial charge in [0.1, 0.15) is 6.61 Å². The van der Waals surface area contributed by atoms with Gasteiger partial charge in [-0.2, -0.15) is 13.2 Å². The largest absolute Gasteiger partial charge is 0.416 e. The van der Waals surface area contributed by atoms with Gasteiger partial charge >= 0.3 is 6.18 Å². The van der Waals surface area contributed by atoms with Gasteiger partial charge in [-0.3, -0.25) is 0 Å². The van der Waals surface area contributed by atoms with Crippen LogP contribution in [0.25, 0.3) is 0 Å². The number of halogens is 7. The van der Waals surface area contributed by atoms with Crippen LogP contribution in [-0.4, -0.2) is 17.6 Å². The predicted molar refractivity (Wildman–Crippen MR) is 62.7 cm³/mol. The second-order valence-electron chi connectivity index (χ2n) is 3.63. The molecule has 2 nitrogen and oxygen atoms in total. The number of hydrogen-bond donors (Lipinski definition) is 2. The second-order valence-corrected chi connectivity index (χ2v) is 4.06. The van der Waals surface area contributed by atoms with E-state index in [4.69, 9.17) is 22.4 Å². The Bertz CT molecular complexity index is 438. The summed E-state index contributed by atoms with van der Waals surface area (Å²) >= 11 is 5.40. The average Bonchev–Trinajstić information content (AvgIpc) is 2.27. The summed E-state index contributed by atoms with van der Waals surface area (Å²) in [5.41, 5.74) is 2.93. The molecular weight excluding hydrogens is 316 g/mol. The summed E-state index contributed by atoms with van der Waals surface area (Å²) in [5, 5.41) is 8.19. The molecule has 0 saturated carbocycles. The lowest BCUT2D eigenvalue weighted by molar-refractivity contribution is -0.139. The molecule has 19 heavy (non-hydrogen) atoms. The number of alkyl halides is 5. The molecule has 1 rings (SSSR count). The maximum Gasteiger partial charge on any atom is 0.416 e. The van der Waals surface area contributed by atoms with Crippen LogP contribution in [0.4, 0.5) is 22.0 Å². The zero-order chi connectivity index (χ0) is 14.1. The van der Waals surface area contributed by atoms with Crippen LogP contribution >= 0.6 is 24.0 Å². The summed E-state index contributed by atoms with van der Waals surface area (Å²) in [6.45, 7) is -1.64. The first-order valence-electron chi connectivity index (χ1n) is 4.70. The molecule has 0 radical (unpaired) electrons. The number of hydrogen-bond acceptors (Lipinski definition) is 2. The first kappa shape index (κ1) is 18.4. The van der Waals surface area contributed by atoms with Crippen molar-refractivity contribution in [2.24, 2.45) is 5.73 Å². The Labute approximate surface area is 116 Å². The van der Waals surface area contributed by atoms with Crippen molar-refractivity contribution >= 4 is 24.0 Å². The fourth-order valence-electron chi connectivity index (χ4n) is 1.37. The monoisotopic (exact) mass is 325 g/mol. The highest BCUT2D eigenvalue weighted by molar-refractivity contribution is 6.30. The van der Waals surface area contributed by atoms with Crippen molar-refractivity contribution in [3.8, 4) is 0 Å². The Morgan fingerprint density at radius 1 is 1.21 bits per heavy atom. The van der Waals surface area contributed by atoms with E-state index in [2.05, 4.69) is 0 Å². The summed E-state index contributed by atoms with van der Waals surface area (Å²) < 4.78 is 64.2. The minimum Gasteiger partial charge on any atom is -0.390 e. The molecule has 0 bridgehead atoms. The highest BCUT2D eigenvalue weighted by Crippen LogP contribution is 2.39. The smallest absolute Gasteiger partial charge is 0.390 e. The van der Waals surface area contributed by atoms with Gasteiger partial charge in [0.15, 0.2) is 0 Å². The maximum absolute atomic E-state index is 13.1. The minimum absolute atomic E-state index is 0. The zero-order valence-electron chi connectivity index (χ0n) is 9.22. The average molecular weight is 326 g/mol. The number of benzene rings is 1. The molecule has 0 aromatic heterocycles. The molecule has 3 N–H and O–H groups in total. The van der Waals surface area contributed by atoms with Gasteiger partial charge in [-0.1, -0.05) is 17.7 Å². The Hall–Kier alpha value is -0.630. The predicted octanol–water partition coefficient (Wildman–Crippen LogP) is 3.41. The SMILES string of the molecule is Cl.N[C@H](c1ccc(Cl)cc1C(F)(F)F)C(F)(F)CO. The number of nitrogens with two attached hydrogens (primary N) is 1. The standard InChI is InChI=1S/C10H9ClF5NO.ClH/c11-5-1-2-6(7(3-5)10(14,15)16)8(17)9(12,13)4-18;/h1-3,8,18H,4,17H2;1H/t8-;/m1./s1. The molecule has 1 aromatic carbocycles. The van der Waals surface area contributed by atoms with Crippen LogP contribution in [0.2, 0.25) is 5.02 Å². The van der Waals surface area contributed by atoms with E-state index in [1.807, 2.05) is 0 Å². The first-order valence-corrected chi connectivity index (χ1v) is 5.08. The van der Waals surface area contributed by atoms with Crippen molar-refractivity contribution in [1.29, 1.82) is 0 Å². The molecule has 1 aromatic rings. The second kappa shape index (κ2) is 6.21. The van der Waals surface area contributed by atoms with Gasteiger partial charge < -0.3 is 10.8 Å². The lowest BCUT2D eigenvalue weighted by Gasteiger charge is -2.24. The molecule has 0 aliphatic heterocycles. The van der Waals surface area contributed by atoms with Crippen molar-refractivity contribution in [3.63, 3.8) is 0 Å². The summed E-state index contributed by atoms with van der Waals surface area (Å²) in [4.78, 5) is 0. The molecule has 1 atom stereocenters. The van der Waals surface area contributed by atoms with Gasteiger partial charge in [0.2, 0.25) is 0 Å². The molecule has 9 heteroatoms. The summed E-state index contributed by atoms with van der Waals surface area (Å²) in [5.74, 6) is -3.85. The summed E-state index contributed by atoms with van der Waals surface area (Å²) in [7, 11) is 0. The van der Waals surface area contributed by atoms with E-state index < -0.39 is 35.9 Å². The zero-order valence-corrected chi connectivity index (χ0v) is 10.8. The van der Waals surface area contributed by atoms with Crippen molar-refractivity contribution in [2.75, 3.05) is 6.61 Å². The lowest BCUT2D eigenvalue weighted by Crippen LogP contribution is -2.37. The Kier molecular flexibility index (Phi) is 6.01. The highest BCUT2D eigenvalue weighted by Gasteiger charge is 2.43. The van der Waals surface area contributed by atoms with Crippen molar-refractivity contribution < 1.29 is 27.1 Å². The molecule has 0 aliphatic carbocycles. The summed E-state index contributed by atoms with van der Waals surface area (Å²) in [6, 6.07) is 0.0552. The van der Waals surface area contributed by atoms with Gasteiger partial charge in [-0.05, 0) is 17.7 Å². The molecular formula is C10H10Cl2F5NO. The molecule has 0 unspecified atom stereocenters. The lowest BCUT2D eigenvalue weighted by atomic mass is 9.96. The third kappa shape index (κ3) is 4.17. The Balaban J connectivity index is 0.00000324. The molecule has 0 amide bonds. The van der Waals surface area contributed by atoms with Crippen LogP contribution in [0.1, 0.15) is 17.2 Å². The van der Waals surface area contributed by atoms with Gasteiger partial charge in [-0.25, -0.2) is 8.78 Å². The van der Waals surface area contributed by atoms with Crippen LogP contribution in [0, 0.1) is 0 Å². The fourth-order valence-corrected chi connectivity index (χ4v) is 1.54. The van der Waals surface area contributed by atoms with Crippen LogP contribution in [-0.2, 0) is 6.18 Å². The quantitative estimate of drug-likeness (QED) is 0.836. The minimum atomic E-state index is -4.86. The summed E-state index contributed by atoms with van der Waals surface area (Å²) in [6.07, 6.45) is -4.86. The van der Waals surface area contributed by atoms with Crippen LogP contribution in [0.15, 0.2) is 18.2 Å².